The van der Waals surface area contributed by atoms with E-state index in [1.807, 2.05) is 110 Å². The summed E-state index contributed by atoms with van der Waals surface area (Å²) in [4.78, 5) is 77.3. The van der Waals surface area contributed by atoms with Crippen LogP contribution in [0.2, 0.25) is 0 Å². The molecule has 0 unspecified atom stereocenters. The predicted molar refractivity (Wildman–Crippen MR) is 280 cm³/mol. The van der Waals surface area contributed by atoms with Gasteiger partial charge in [0.25, 0.3) is 11.8 Å². The van der Waals surface area contributed by atoms with Crippen LogP contribution >= 0.6 is 0 Å². The van der Waals surface area contributed by atoms with E-state index in [4.69, 9.17) is 19.2 Å². The number of ketones is 1. The van der Waals surface area contributed by atoms with E-state index in [1.54, 1.807) is 26.2 Å². The number of hydrogen-bond acceptors (Lipinski definition) is 9. The standard InChI is InChI=1S/C59H65N5O8/c1-34(2)55(62-54(66)19-20-59(5,6)7)50(65)22-36(4)56(67)61-42-24-37(32-71-51-30-47-46(21-35(51)3)58(69)64-44(31-60-47)27-41-14-10-12-16-49(41)64)23-38(25-42)33-72-53-28-39-17-18-43-26-40-13-9-11-15-48(40)63(43)57(68)45(39)29-52(53)70-8/h9-16,21,23-25,28-31,34,36,43-44,55H,17-20,22,26-27,32-33H2,1-8H3,(H,61,67)(H,62,66)/t36-,43-,44+,55+/m1/s1. The number of hydrogen-bond donors (Lipinski definition) is 2. The molecule has 4 heterocycles. The van der Waals surface area contributed by atoms with Gasteiger partial charge in [-0.15, -0.1) is 0 Å². The molecule has 4 aliphatic heterocycles. The molecule has 13 heteroatoms. The van der Waals surface area contributed by atoms with Gasteiger partial charge in [0.05, 0.1) is 30.4 Å². The van der Waals surface area contributed by atoms with Gasteiger partial charge in [-0.3, -0.25) is 33.9 Å². The Morgan fingerprint density at radius 2 is 1.42 bits per heavy atom. The van der Waals surface area contributed by atoms with Crippen LogP contribution < -0.4 is 34.6 Å². The number of carbonyl (C=O) groups is 5. The van der Waals surface area contributed by atoms with Gasteiger partial charge in [0.15, 0.2) is 17.3 Å². The maximum atomic E-state index is 14.2. The number of para-hydroxylation sites is 2. The van der Waals surface area contributed by atoms with Crippen LogP contribution in [0.25, 0.3) is 0 Å². The molecule has 4 amide bonds. The minimum absolute atomic E-state index is 0.0270. The second-order valence-electron chi connectivity index (χ2n) is 21.4. The fraction of sp³-hybridized carbons (Fsp3) is 0.390. The Morgan fingerprint density at radius 3 is 2.10 bits per heavy atom. The molecular weight excluding hydrogens is 907 g/mol. The molecule has 0 bridgehead atoms. The number of anilines is 3. The number of benzene rings is 5. The number of nitrogens with one attached hydrogen (secondary N) is 2. The lowest BCUT2D eigenvalue weighted by Crippen LogP contribution is -2.45. The van der Waals surface area contributed by atoms with Crippen LogP contribution in [-0.2, 0) is 46.9 Å². The van der Waals surface area contributed by atoms with Gasteiger partial charge in [-0.2, -0.15) is 0 Å². The average Bonchev–Trinajstić information content (AvgIpc) is 3.84. The minimum Gasteiger partial charge on any atom is -0.493 e. The van der Waals surface area contributed by atoms with Crippen molar-refractivity contribution in [2.45, 2.75) is 125 Å². The summed E-state index contributed by atoms with van der Waals surface area (Å²) in [5.41, 5.74) is 9.29. The van der Waals surface area contributed by atoms with Crippen LogP contribution in [0, 0.1) is 24.2 Å². The third-order valence-electron chi connectivity index (χ3n) is 14.3. The van der Waals surface area contributed by atoms with Gasteiger partial charge < -0.3 is 29.7 Å². The molecule has 374 valence electrons. The zero-order valence-electron chi connectivity index (χ0n) is 42.6. The Balaban J connectivity index is 0.949. The highest BCUT2D eigenvalue weighted by Crippen LogP contribution is 2.42. The van der Waals surface area contributed by atoms with Crippen molar-refractivity contribution < 1.29 is 38.2 Å². The van der Waals surface area contributed by atoms with Gasteiger partial charge in [0.1, 0.15) is 19.0 Å². The number of aryl methyl sites for hydroxylation is 2. The highest BCUT2D eigenvalue weighted by molar-refractivity contribution is 6.14. The fourth-order valence-corrected chi connectivity index (χ4v) is 10.4. The summed E-state index contributed by atoms with van der Waals surface area (Å²) < 4.78 is 18.9. The molecule has 4 aliphatic rings. The second-order valence-corrected chi connectivity index (χ2v) is 21.4. The van der Waals surface area contributed by atoms with Gasteiger partial charge in [-0.1, -0.05) is 77.9 Å². The van der Waals surface area contributed by atoms with E-state index in [2.05, 4.69) is 37.5 Å². The molecule has 4 atom stereocenters. The molecule has 0 aliphatic carbocycles. The maximum absolute atomic E-state index is 14.2. The summed E-state index contributed by atoms with van der Waals surface area (Å²) >= 11 is 0. The molecule has 72 heavy (non-hydrogen) atoms. The lowest BCUT2D eigenvalue weighted by Gasteiger charge is -2.24. The zero-order valence-corrected chi connectivity index (χ0v) is 42.6. The maximum Gasteiger partial charge on any atom is 0.261 e. The number of Topliss-reactive ketones (excluding diaryl/α,β-unsaturated/α-hetero) is 1. The lowest BCUT2D eigenvalue weighted by molar-refractivity contribution is -0.131. The van der Waals surface area contributed by atoms with Crippen LogP contribution in [0.5, 0.6) is 17.2 Å². The van der Waals surface area contributed by atoms with Crippen molar-refractivity contribution in [3.8, 4) is 17.2 Å². The van der Waals surface area contributed by atoms with Crippen LogP contribution in [0.15, 0.2) is 96.0 Å². The van der Waals surface area contributed by atoms with Crippen molar-refractivity contribution in [3.05, 3.63) is 136 Å². The first-order valence-corrected chi connectivity index (χ1v) is 25.2. The molecular formula is C59H65N5O8. The van der Waals surface area contributed by atoms with Gasteiger partial charge in [-0.25, -0.2) is 0 Å². The zero-order chi connectivity index (χ0) is 51.0. The van der Waals surface area contributed by atoms with Crippen molar-refractivity contribution in [3.63, 3.8) is 0 Å². The molecule has 0 aromatic heterocycles. The van der Waals surface area contributed by atoms with Crippen molar-refractivity contribution >= 4 is 58.4 Å². The van der Waals surface area contributed by atoms with E-state index >= 15 is 0 Å². The Kier molecular flexibility index (Phi) is 14.1. The first-order chi connectivity index (χ1) is 34.4. The van der Waals surface area contributed by atoms with Gasteiger partial charge >= 0.3 is 0 Å². The lowest BCUT2D eigenvalue weighted by atomic mass is 9.89. The van der Waals surface area contributed by atoms with E-state index in [0.29, 0.717) is 71.0 Å². The van der Waals surface area contributed by atoms with Crippen LogP contribution in [0.4, 0.5) is 22.7 Å². The topological polar surface area (TPSA) is 156 Å². The van der Waals surface area contributed by atoms with Crippen molar-refractivity contribution in [2.24, 2.45) is 22.2 Å². The SMILES string of the molecule is COc1cc2c(cc1OCc1cc(COc3cc4c(cc3C)C(=O)N3c5ccccc5C[C@H]3C=N4)cc(NC(=O)[C@H](C)CC(=O)[C@@H](NC(=O)CCC(C)(C)C)C(C)C)c1)CC[C@@H]1Cc3ccccc3N1C2=O. The van der Waals surface area contributed by atoms with E-state index in [-0.39, 0.29) is 72.5 Å². The van der Waals surface area contributed by atoms with E-state index < -0.39 is 12.0 Å². The highest BCUT2D eigenvalue weighted by atomic mass is 16.5. The first-order valence-electron chi connectivity index (χ1n) is 25.2. The largest absolute Gasteiger partial charge is 0.493 e. The minimum atomic E-state index is -0.719. The normalized spacial score (nSPS) is 17.3. The second kappa shape index (κ2) is 20.4. The number of nitrogens with zero attached hydrogens (tertiary/aromatic N) is 3. The van der Waals surface area contributed by atoms with Crippen molar-refractivity contribution in [1.29, 1.82) is 0 Å². The summed E-state index contributed by atoms with van der Waals surface area (Å²) in [7, 11) is 1.56. The Morgan fingerprint density at radius 1 is 0.764 bits per heavy atom. The Bertz CT molecular complexity index is 2990. The quantitative estimate of drug-likeness (QED) is 0.0990. The molecule has 0 spiro atoms. The van der Waals surface area contributed by atoms with E-state index in [0.717, 1.165) is 46.5 Å². The molecule has 5 aromatic rings. The molecule has 0 radical (unpaired) electrons. The van der Waals surface area contributed by atoms with Crippen LogP contribution in [0.1, 0.15) is 121 Å². The number of ether oxygens (including phenoxy) is 3. The predicted octanol–water partition coefficient (Wildman–Crippen LogP) is 10.5. The Hall–Kier alpha value is -7.28. The Labute approximate surface area is 422 Å². The molecule has 0 saturated heterocycles. The molecule has 2 N–H and O–H groups in total. The molecule has 5 aromatic carbocycles. The number of rotatable bonds is 16. The smallest absolute Gasteiger partial charge is 0.261 e. The number of fused-ring (bicyclic) bond motifs is 8. The monoisotopic (exact) mass is 971 g/mol. The summed E-state index contributed by atoms with van der Waals surface area (Å²) in [6.45, 7) is 13.8. The van der Waals surface area contributed by atoms with Gasteiger partial charge in [-0.05, 0) is 126 Å². The third kappa shape index (κ3) is 10.5. The van der Waals surface area contributed by atoms with Crippen molar-refractivity contribution in [1.82, 2.24) is 5.32 Å². The summed E-state index contributed by atoms with van der Waals surface area (Å²) in [6.07, 6.45) is 5.76. The van der Waals surface area contributed by atoms with E-state index in [1.165, 1.54) is 5.56 Å². The molecule has 0 saturated carbocycles. The van der Waals surface area contributed by atoms with Gasteiger partial charge in [0.2, 0.25) is 11.8 Å². The number of aliphatic imine (C=N–C) groups is 1. The van der Waals surface area contributed by atoms with Crippen LogP contribution in [-0.4, -0.2) is 60.9 Å². The number of methoxy groups -OCH3 is 1. The average molecular weight is 972 g/mol. The highest BCUT2D eigenvalue weighted by Gasteiger charge is 2.39. The summed E-state index contributed by atoms with van der Waals surface area (Å²) in [5.74, 6) is -0.324. The van der Waals surface area contributed by atoms with E-state index in [9.17, 15) is 24.0 Å². The third-order valence-corrected chi connectivity index (χ3v) is 14.3. The van der Waals surface area contributed by atoms with Crippen molar-refractivity contribution in [2.75, 3.05) is 22.2 Å². The molecule has 13 nitrogen and oxygen atoms in total. The number of carbonyl (C=O) groups excluding carboxylic acids is 5. The summed E-state index contributed by atoms with van der Waals surface area (Å²) in [5, 5.41) is 5.98. The summed E-state index contributed by atoms with van der Waals surface area (Å²) in [6, 6.07) is 28.1. The fourth-order valence-electron chi connectivity index (χ4n) is 10.4. The first kappa shape index (κ1) is 49.7. The van der Waals surface area contributed by atoms with Crippen LogP contribution in [0.3, 0.4) is 0 Å². The molecule has 0 fully saturated rings. The van der Waals surface area contributed by atoms with Gasteiger partial charge in [0, 0.05) is 66.1 Å². The molecule has 9 rings (SSSR count). The number of amides is 4.